The first kappa shape index (κ1) is 24.1. The maximum atomic E-state index is 13.3. The molecule has 3 aromatic rings. The second kappa shape index (κ2) is 9.69. The summed E-state index contributed by atoms with van der Waals surface area (Å²) in [6.45, 7) is 0. The summed E-state index contributed by atoms with van der Waals surface area (Å²) in [6, 6.07) is 14.9. The highest BCUT2D eigenvalue weighted by atomic mass is 19.4. The van der Waals surface area contributed by atoms with E-state index in [2.05, 4.69) is 10.3 Å². The number of aliphatic imine (C=N–C) groups is 1. The molecule has 4 nitrogen and oxygen atoms in total. The number of carbonyl (C=O) groups is 1. The van der Waals surface area contributed by atoms with Crippen LogP contribution in [0.3, 0.4) is 0 Å². The average Bonchev–Trinajstić information content (AvgIpc) is 2.81. The van der Waals surface area contributed by atoms with Crippen LogP contribution in [0.1, 0.15) is 29.9 Å². The summed E-state index contributed by atoms with van der Waals surface area (Å²) in [5.41, 5.74) is 0.280. The van der Waals surface area contributed by atoms with E-state index in [1.807, 2.05) is 0 Å². The lowest BCUT2D eigenvalue weighted by atomic mass is 9.82. The Morgan fingerprint density at radius 1 is 0.857 bits per heavy atom. The molecule has 1 unspecified atom stereocenters. The summed E-state index contributed by atoms with van der Waals surface area (Å²) in [7, 11) is 0. The summed E-state index contributed by atoms with van der Waals surface area (Å²) in [6.07, 6.45) is -4.55. The number of amidine groups is 1. The Morgan fingerprint density at radius 2 is 1.43 bits per heavy atom. The molecule has 1 aliphatic carbocycles. The number of allylic oxidation sites excluding steroid dienone is 1. The van der Waals surface area contributed by atoms with E-state index in [9.17, 15) is 31.9 Å². The summed E-state index contributed by atoms with van der Waals surface area (Å²) in [5.74, 6) is -2.26. The van der Waals surface area contributed by atoms with Crippen molar-refractivity contribution < 1.29 is 31.9 Å². The van der Waals surface area contributed by atoms with Gasteiger partial charge in [0.25, 0.3) is 0 Å². The lowest BCUT2D eigenvalue weighted by molar-refractivity contribution is -0.137. The fourth-order valence-electron chi connectivity index (χ4n) is 3.80. The van der Waals surface area contributed by atoms with Gasteiger partial charge in [-0.25, -0.2) is 13.8 Å². The van der Waals surface area contributed by atoms with E-state index in [1.165, 1.54) is 60.7 Å². The van der Waals surface area contributed by atoms with Crippen molar-refractivity contribution in [3.05, 3.63) is 107 Å². The molecule has 2 N–H and O–H groups in total. The molecule has 4 rings (SSSR count). The number of aliphatic hydroxyl groups excluding tert-OH is 1. The third kappa shape index (κ3) is 5.74. The number of benzene rings is 3. The van der Waals surface area contributed by atoms with Gasteiger partial charge in [-0.05, 0) is 72.1 Å². The van der Waals surface area contributed by atoms with Gasteiger partial charge in [-0.15, -0.1) is 0 Å². The van der Waals surface area contributed by atoms with Gasteiger partial charge in [-0.1, -0.05) is 12.1 Å². The highest BCUT2D eigenvalue weighted by Gasteiger charge is 2.33. The summed E-state index contributed by atoms with van der Waals surface area (Å²) >= 11 is 0. The van der Waals surface area contributed by atoms with Crippen LogP contribution in [0, 0.1) is 11.6 Å². The van der Waals surface area contributed by atoms with Crippen LogP contribution in [0.15, 0.2) is 89.1 Å². The third-order valence-electron chi connectivity index (χ3n) is 5.56. The van der Waals surface area contributed by atoms with Crippen molar-refractivity contribution in [3.8, 4) is 0 Å². The first-order chi connectivity index (χ1) is 16.6. The van der Waals surface area contributed by atoms with E-state index in [0.717, 1.165) is 12.1 Å². The summed E-state index contributed by atoms with van der Waals surface area (Å²) in [5, 5.41) is 13.7. The van der Waals surface area contributed by atoms with Gasteiger partial charge in [0.1, 0.15) is 23.2 Å². The van der Waals surface area contributed by atoms with Crippen molar-refractivity contribution in [2.75, 3.05) is 5.32 Å². The first-order valence-electron chi connectivity index (χ1n) is 10.6. The number of carbonyl (C=O) groups excluding carboxylic acids is 1. The van der Waals surface area contributed by atoms with E-state index >= 15 is 0 Å². The molecule has 3 aromatic carbocycles. The molecule has 0 heterocycles. The standard InChI is InChI=1S/C26H19F5N2O2/c27-18-5-9-20(10-6-18)32-25(33-21-11-7-19(28)8-12-21)24-22(34)13-16(14-23(24)35)15-1-3-17(4-2-15)26(29,30)31/h1-12,16,34H,13-14H2,(H,32,33). The number of hydrogen-bond acceptors (Lipinski definition) is 3. The van der Waals surface area contributed by atoms with Crippen molar-refractivity contribution in [1.29, 1.82) is 0 Å². The molecule has 0 saturated carbocycles. The molecule has 9 heteroatoms. The van der Waals surface area contributed by atoms with E-state index in [4.69, 9.17) is 0 Å². The molecule has 0 aromatic heterocycles. The topological polar surface area (TPSA) is 61.7 Å². The molecule has 0 bridgehead atoms. The number of aliphatic hydroxyl groups is 1. The van der Waals surface area contributed by atoms with Gasteiger partial charge >= 0.3 is 6.18 Å². The normalized spacial score (nSPS) is 17.0. The van der Waals surface area contributed by atoms with Crippen LogP contribution in [-0.2, 0) is 11.0 Å². The van der Waals surface area contributed by atoms with Crippen LogP contribution < -0.4 is 5.32 Å². The second-order valence-electron chi connectivity index (χ2n) is 8.04. The van der Waals surface area contributed by atoms with Crippen molar-refractivity contribution in [1.82, 2.24) is 0 Å². The molecule has 1 atom stereocenters. The molecule has 180 valence electrons. The largest absolute Gasteiger partial charge is 0.511 e. The molecule has 0 fully saturated rings. The number of alkyl halides is 3. The van der Waals surface area contributed by atoms with Gasteiger partial charge in [-0.2, -0.15) is 13.2 Å². The minimum absolute atomic E-state index is 0.0000263. The molecule has 0 aliphatic heterocycles. The summed E-state index contributed by atoms with van der Waals surface area (Å²) in [4.78, 5) is 17.5. The lowest BCUT2D eigenvalue weighted by Crippen LogP contribution is -2.28. The molecule has 0 radical (unpaired) electrons. The molecule has 0 saturated heterocycles. The monoisotopic (exact) mass is 486 g/mol. The maximum Gasteiger partial charge on any atom is 0.416 e. The van der Waals surface area contributed by atoms with Crippen molar-refractivity contribution in [3.63, 3.8) is 0 Å². The van der Waals surface area contributed by atoms with Crippen LogP contribution in [-0.4, -0.2) is 16.7 Å². The second-order valence-corrected chi connectivity index (χ2v) is 8.04. The zero-order valence-electron chi connectivity index (χ0n) is 18.1. The Labute approximate surface area is 197 Å². The third-order valence-corrected chi connectivity index (χ3v) is 5.56. The number of nitrogens with zero attached hydrogens (tertiary/aromatic N) is 1. The minimum atomic E-state index is -4.48. The van der Waals surface area contributed by atoms with Crippen LogP contribution in [0.4, 0.5) is 33.3 Å². The number of Topliss-reactive ketones (excluding diaryl/α,β-unsaturated/α-hetero) is 1. The van der Waals surface area contributed by atoms with Crippen molar-refractivity contribution in [2.24, 2.45) is 4.99 Å². The van der Waals surface area contributed by atoms with Crippen LogP contribution in [0.2, 0.25) is 0 Å². The Bertz CT molecular complexity index is 1280. The number of nitrogens with one attached hydrogen (secondary N) is 1. The average molecular weight is 486 g/mol. The quantitative estimate of drug-likeness (QED) is 0.235. The van der Waals surface area contributed by atoms with E-state index in [0.29, 0.717) is 16.9 Å². The first-order valence-corrected chi connectivity index (χ1v) is 10.6. The van der Waals surface area contributed by atoms with Crippen molar-refractivity contribution in [2.45, 2.75) is 24.9 Å². The fourth-order valence-corrected chi connectivity index (χ4v) is 3.80. The molecular weight excluding hydrogens is 467 g/mol. The number of anilines is 1. The molecular formula is C26H19F5N2O2. The van der Waals surface area contributed by atoms with Crippen molar-refractivity contribution >= 4 is 23.0 Å². The lowest BCUT2D eigenvalue weighted by Gasteiger charge is -2.25. The van der Waals surface area contributed by atoms with Gasteiger partial charge in [-0.3, -0.25) is 4.79 Å². The van der Waals surface area contributed by atoms with Crippen LogP contribution in [0.25, 0.3) is 0 Å². The molecule has 1 aliphatic rings. The highest BCUT2D eigenvalue weighted by molar-refractivity contribution is 6.27. The highest BCUT2D eigenvalue weighted by Crippen LogP contribution is 2.36. The Balaban J connectivity index is 1.67. The Kier molecular flexibility index (Phi) is 6.68. The number of halogens is 5. The fraction of sp³-hybridized carbons (Fsp3) is 0.154. The number of ketones is 1. The van der Waals surface area contributed by atoms with Gasteiger partial charge in [0, 0.05) is 18.5 Å². The predicted octanol–water partition coefficient (Wildman–Crippen LogP) is 7.08. The summed E-state index contributed by atoms with van der Waals surface area (Å²) < 4.78 is 65.2. The zero-order chi connectivity index (χ0) is 25.2. The van der Waals surface area contributed by atoms with Crippen LogP contribution in [0.5, 0.6) is 0 Å². The predicted molar refractivity (Wildman–Crippen MR) is 122 cm³/mol. The SMILES string of the molecule is O=C1CC(c2ccc(C(F)(F)F)cc2)CC(O)=C1C(=Nc1ccc(F)cc1)Nc1ccc(F)cc1. The van der Waals surface area contributed by atoms with E-state index in [1.54, 1.807) is 0 Å². The maximum absolute atomic E-state index is 13.3. The Hall–Kier alpha value is -4.01. The van der Waals surface area contributed by atoms with E-state index < -0.39 is 35.1 Å². The smallest absolute Gasteiger partial charge is 0.416 e. The van der Waals surface area contributed by atoms with Gasteiger partial charge in [0.05, 0.1) is 16.8 Å². The van der Waals surface area contributed by atoms with Crippen LogP contribution >= 0.6 is 0 Å². The molecule has 35 heavy (non-hydrogen) atoms. The number of rotatable bonds is 4. The number of hydrogen-bond donors (Lipinski definition) is 2. The Morgan fingerprint density at radius 3 is 1.97 bits per heavy atom. The van der Waals surface area contributed by atoms with E-state index in [-0.39, 0.29) is 30.0 Å². The zero-order valence-corrected chi connectivity index (χ0v) is 18.1. The van der Waals surface area contributed by atoms with Gasteiger partial charge in [0.2, 0.25) is 0 Å². The molecule has 0 amide bonds. The van der Waals surface area contributed by atoms with Gasteiger partial charge in [0.15, 0.2) is 5.78 Å². The minimum Gasteiger partial charge on any atom is -0.511 e. The van der Waals surface area contributed by atoms with Gasteiger partial charge < -0.3 is 10.4 Å². The molecule has 0 spiro atoms.